The van der Waals surface area contributed by atoms with E-state index in [4.69, 9.17) is 4.74 Å². The zero-order valence-electron chi connectivity index (χ0n) is 8.37. The summed E-state index contributed by atoms with van der Waals surface area (Å²) in [5, 5.41) is 9.83. The van der Waals surface area contributed by atoms with Crippen molar-refractivity contribution in [3.8, 4) is 0 Å². The number of ether oxygens (including phenoxy) is 1. The Morgan fingerprint density at radius 1 is 1.46 bits per heavy atom. The molecule has 1 rings (SSSR count). The quantitative estimate of drug-likeness (QED) is 0.694. The fraction of sp³-hybridized carbons (Fsp3) is 1.00. The second kappa shape index (κ2) is 6.68. The summed E-state index contributed by atoms with van der Waals surface area (Å²) in [6.45, 7) is 3.83. The van der Waals surface area contributed by atoms with Gasteiger partial charge in [0.2, 0.25) is 0 Å². The molecule has 0 saturated carbocycles. The third kappa shape index (κ3) is 4.34. The van der Waals surface area contributed by atoms with Crippen molar-refractivity contribution in [2.24, 2.45) is 5.92 Å². The van der Waals surface area contributed by atoms with Crippen molar-refractivity contribution in [3.05, 3.63) is 0 Å². The maximum absolute atomic E-state index is 9.83. The van der Waals surface area contributed by atoms with Crippen LogP contribution in [0.4, 0.5) is 0 Å². The van der Waals surface area contributed by atoms with E-state index in [1.807, 2.05) is 11.8 Å². The average molecular weight is 204 g/mol. The molecule has 0 amide bonds. The van der Waals surface area contributed by atoms with E-state index in [1.54, 1.807) is 0 Å². The predicted octanol–water partition coefficient (Wildman–Crippen LogP) is 1.92. The van der Waals surface area contributed by atoms with Crippen LogP contribution in [0.5, 0.6) is 0 Å². The van der Waals surface area contributed by atoms with Crippen LogP contribution in [0.25, 0.3) is 0 Å². The van der Waals surface area contributed by atoms with Gasteiger partial charge in [-0.1, -0.05) is 6.92 Å². The Morgan fingerprint density at radius 3 is 2.77 bits per heavy atom. The Kier molecular flexibility index (Phi) is 5.83. The lowest BCUT2D eigenvalue weighted by atomic mass is 9.92. The second-order valence-corrected chi connectivity index (χ2v) is 4.90. The highest BCUT2D eigenvalue weighted by Crippen LogP contribution is 2.21. The lowest BCUT2D eigenvalue weighted by Crippen LogP contribution is -2.27. The van der Waals surface area contributed by atoms with E-state index in [0.717, 1.165) is 44.0 Å². The topological polar surface area (TPSA) is 29.5 Å². The summed E-state index contributed by atoms with van der Waals surface area (Å²) in [5.74, 6) is 2.74. The van der Waals surface area contributed by atoms with Crippen molar-refractivity contribution >= 4 is 11.8 Å². The first kappa shape index (κ1) is 11.3. The van der Waals surface area contributed by atoms with Gasteiger partial charge in [0.1, 0.15) is 0 Å². The normalized spacial score (nSPS) is 21.7. The molecule has 1 aliphatic heterocycles. The van der Waals surface area contributed by atoms with Crippen LogP contribution in [-0.4, -0.2) is 35.9 Å². The fourth-order valence-electron chi connectivity index (χ4n) is 1.68. The molecule has 0 radical (unpaired) electrons. The second-order valence-electron chi connectivity index (χ2n) is 3.50. The first-order chi connectivity index (χ1) is 6.34. The van der Waals surface area contributed by atoms with Gasteiger partial charge in [-0.15, -0.1) is 0 Å². The average Bonchev–Trinajstić information content (AvgIpc) is 2.19. The molecular formula is C10H20O2S. The number of hydrogen-bond donors (Lipinski definition) is 1. The van der Waals surface area contributed by atoms with Crippen molar-refractivity contribution in [2.45, 2.75) is 32.3 Å². The standard InChI is InChI=1S/C10H20O2S/c1-2-13-8-5-10(11)9-3-6-12-7-4-9/h9-11H,2-8H2,1H3. The summed E-state index contributed by atoms with van der Waals surface area (Å²) in [4.78, 5) is 0. The largest absolute Gasteiger partial charge is 0.393 e. The number of thioether (sulfide) groups is 1. The molecule has 1 aliphatic rings. The molecule has 1 N–H and O–H groups in total. The maximum atomic E-state index is 9.83. The molecule has 0 aliphatic carbocycles. The smallest absolute Gasteiger partial charge is 0.0578 e. The molecule has 3 heteroatoms. The van der Waals surface area contributed by atoms with Crippen LogP contribution >= 0.6 is 11.8 Å². The van der Waals surface area contributed by atoms with E-state index in [0.29, 0.717) is 5.92 Å². The van der Waals surface area contributed by atoms with Crippen LogP contribution in [-0.2, 0) is 4.74 Å². The van der Waals surface area contributed by atoms with E-state index in [1.165, 1.54) is 0 Å². The third-order valence-corrected chi connectivity index (χ3v) is 3.50. The Balaban J connectivity index is 2.09. The van der Waals surface area contributed by atoms with Gasteiger partial charge >= 0.3 is 0 Å². The Morgan fingerprint density at radius 2 is 2.15 bits per heavy atom. The molecule has 0 aromatic carbocycles. The predicted molar refractivity (Wildman–Crippen MR) is 57.2 cm³/mol. The molecule has 13 heavy (non-hydrogen) atoms. The van der Waals surface area contributed by atoms with Gasteiger partial charge < -0.3 is 9.84 Å². The molecule has 0 spiro atoms. The van der Waals surface area contributed by atoms with Crippen LogP contribution in [0.3, 0.4) is 0 Å². The summed E-state index contributed by atoms with van der Waals surface area (Å²) >= 11 is 1.91. The molecule has 1 atom stereocenters. The van der Waals surface area contributed by atoms with Gasteiger partial charge in [-0.25, -0.2) is 0 Å². The molecule has 2 nitrogen and oxygen atoms in total. The summed E-state index contributed by atoms with van der Waals surface area (Å²) in [6.07, 6.45) is 2.93. The van der Waals surface area contributed by atoms with Gasteiger partial charge in [0.25, 0.3) is 0 Å². The maximum Gasteiger partial charge on any atom is 0.0578 e. The number of rotatable bonds is 5. The summed E-state index contributed by atoms with van der Waals surface area (Å²) in [5.41, 5.74) is 0. The number of aliphatic hydroxyl groups excluding tert-OH is 1. The van der Waals surface area contributed by atoms with Crippen LogP contribution in [0.2, 0.25) is 0 Å². The van der Waals surface area contributed by atoms with Crippen molar-refractivity contribution in [1.29, 1.82) is 0 Å². The van der Waals surface area contributed by atoms with E-state index in [2.05, 4.69) is 6.92 Å². The summed E-state index contributed by atoms with van der Waals surface area (Å²) < 4.78 is 5.26. The van der Waals surface area contributed by atoms with Crippen LogP contribution < -0.4 is 0 Å². The summed E-state index contributed by atoms with van der Waals surface area (Å²) in [6, 6.07) is 0. The minimum Gasteiger partial charge on any atom is -0.393 e. The van der Waals surface area contributed by atoms with Crippen molar-refractivity contribution in [2.75, 3.05) is 24.7 Å². The summed E-state index contributed by atoms with van der Waals surface area (Å²) in [7, 11) is 0. The Bertz CT molecular complexity index is 124. The van der Waals surface area contributed by atoms with Crippen molar-refractivity contribution in [1.82, 2.24) is 0 Å². The number of aliphatic hydroxyl groups is 1. The lowest BCUT2D eigenvalue weighted by Gasteiger charge is -2.26. The third-order valence-electron chi connectivity index (χ3n) is 2.57. The molecule has 1 saturated heterocycles. The van der Waals surface area contributed by atoms with Crippen LogP contribution in [0, 0.1) is 5.92 Å². The highest BCUT2D eigenvalue weighted by molar-refractivity contribution is 7.99. The van der Waals surface area contributed by atoms with Gasteiger partial charge in [-0.2, -0.15) is 11.8 Å². The number of hydrogen-bond acceptors (Lipinski definition) is 3. The highest BCUT2D eigenvalue weighted by Gasteiger charge is 2.21. The first-order valence-electron chi connectivity index (χ1n) is 5.18. The lowest BCUT2D eigenvalue weighted by molar-refractivity contribution is 0.00731. The molecular weight excluding hydrogens is 184 g/mol. The van der Waals surface area contributed by atoms with Crippen LogP contribution in [0.15, 0.2) is 0 Å². The van der Waals surface area contributed by atoms with Gasteiger partial charge in [-0.3, -0.25) is 0 Å². The van der Waals surface area contributed by atoms with Gasteiger partial charge in [-0.05, 0) is 36.7 Å². The van der Waals surface area contributed by atoms with E-state index in [-0.39, 0.29) is 6.10 Å². The molecule has 1 unspecified atom stereocenters. The zero-order chi connectivity index (χ0) is 9.52. The molecule has 0 bridgehead atoms. The molecule has 1 fully saturated rings. The van der Waals surface area contributed by atoms with E-state index < -0.39 is 0 Å². The van der Waals surface area contributed by atoms with Gasteiger partial charge in [0.05, 0.1) is 6.10 Å². The van der Waals surface area contributed by atoms with E-state index in [9.17, 15) is 5.11 Å². The zero-order valence-corrected chi connectivity index (χ0v) is 9.18. The minimum atomic E-state index is -0.0945. The monoisotopic (exact) mass is 204 g/mol. The Labute approximate surface area is 85.0 Å². The molecule has 1 heterocycles. The SMILES string of the molecule is CCSCCC(O)C1CCOCC1. The van der Waals surface area contributed by atoms with E-state index >= 15 is 0 Å². The fourth-order valence-corrected chi connectivity index (χ4v) is 2.38. The minimum absolute atomic E-state index is 0.0945. The van der Waals surface area contributed by atoms with Crippen molar-refractivity contribution < 1.29 is 9.84 Å². The first-order valence-corrected chi connectivity index (χ1v) is 6.33. The Hall–Kier alpha value is 0.270. The van der Waals surface area contributed by atoms with Gasteiger partial charge in [0, 0.05) is 13.2 Å². The van der Waals surface area contributed by atoms with Crippen LogP contribution in [0.1, 0.15) is 26.2 Å². The molecule has 78 valence electrons. The van der Waals surface area contributed by atoms with Gasteiger partial charge in [0.15, 0.2) is 0 Å². The molecule has 0 aromatic rings. The highest BCUT2D eigenvalue weighted by atomic mass is 32.2. The molecule has 0 aromatic heterocycles. The van der Waals surface area contributed by atoms with Crippen molar-refractivity contribution in [3.63, 3.8) is 0 Å².